The first-order valence-electron chi connectivity index (χ1n) is 9.86. The molecule has 3 aromatic rings. The third-order valence-electron chi connectivity index (χ3n) is 5.19. The number of aromatic nitrogens is 2. The summed E-state index contributed by atoms with van der Waals surface area (Å²) in [4.78, 5) is 13.7. The highest BCUT2D eigenvalue weighted by Crippen LogP contribution is 2.38. The molecule has 6 nitrogen and oxygen atoms in total. The van der Waals surface area contributed by atoms with Crippen LogP contribution >= 0.6 is 12.2 Å². The second-order valence-corrected chi connectivity index (χ2v) is 8.18. The summed E-state index contributed by atoms with van der Waals surface area (Å²) in [6, 6.07) is 14.8. The van der Waals surface area contributed by atoms with Crippen LogP contribution in [-0.4, -0.2) is 29.0 Å². The fraction of sp³-hybridized carbons (Fsp3) is 0.250. The van der Waals surface area contributed by atoms with Gasteiger partial charge in [0.25, 0.3) is 5.56 Å². The lowest BCUT2D eigenvalue weighted by molar-refractivity contribution is 0.144. The zero-order valence-corrected chi connectivity index (χ0v) is 18.9. The van der Waals surface area contributed by atoms with Crippen molar-refractivity contribution in [3.63, 3.8) is 0 Å². The molecule has 2 heterocycles. The summed E-state index contributed by atoms with van der Waals surface area (Å²) in [5.41, 5.74) is 1.64. The summed E-state index contributed by atoms with van der Waals surface area (Å²) in [6.07, 6.45) is 1.94. The van der Waals surface area contributed by atoms with E-state index in [0.717, 1.165) is 5.57 Å². The van der Waals surface area contributed by atoms with Crippen LogP contribution < -0.4 is 19.8 Å². The summed E-state index contributed by atoms with van der Waals surface area (Å²) in [5, 5.41) is 0. The Labute approximate surface area is 185 Å². The van der Waals surface area contributed by atoms with Crippen molar-refractivity contribution in [2.75, 3.05) is 14.2 Å². The van der Waals surface area contributed by atoms with Gasteiger partial charge in [0.15, 0.2) is 4.77 Å². The van der Waals surface area contributed by atoms with Crippen LogP contribution in [0.25, 0.3) is 16.9 Å². The molecule has 7 heteroatoms. The van der Waals surface area contributed by atoms with Gasteiger partial charge in [-0.15, -0.1) is 0 Å². The molecule has 0 atom stereocenters. The third kappa shape index (κ3) is 3.45. The number of fused-ring (bicyclic) bond motifs is 1. The van der Waals surface area contributed by atoms with E-state index in [1.165, 1.54) is 4.57 Å². The van der Waals surface area contributed by atoms with Gasteiger partial charge in [0.2, 0.25) is 5.88 Å². The first kappa shape index (κ1) is 20.9. The molecular weight excluding hydrogens is 412 g/mol. The highest BCUT2D eigenvalue weighted by Gasteiger charge is 2.32. The SMILES string of the molecule is COc1ccccc1-n1c2c(c(=O)n(-c3ccccc3OC)c1=S)C(C)=CC(C)(C)O2. The standard InChI is InChI=1S/C24H24N2O4S/c1-15-14-24(2,3)30-22-20(15)21(27)25(16-10-6-8-12-18(16)28-4)23(31)26(22)17-11-7-9-13-19(17)29-5/h6-14H,1-5H3. The molecular formula is C24H24N2O4S. The van der Waals surface area contributed by atoms with Crippen LogP contribution in [0.3, 0.4) is 0 Å². The molecule has 0 fully saturated rings. The Bertz CT molecular complexity index is 1320. The number of hydrogen-bond acceptors (Lipinski definition) is 5. The molecule has 31 heavy (non-hydrogen) atoms. The summed E-state index contributed by atoms with van der Waals surface area (Å²) in [7, 11) is 3.16. The van der Waals surface area contributed by atoms with Crippen molar-refractivity contribution in [3.8, 4) is 28.8 Å². The zero-order chi connectivity index (χ0) is 22.3. The Balaban J connectivity index is 2.20. The van der Waals surface area contributed by atoms with Gasteiger partial charge in [-0.3, -0.25) is 9.36 Å². The van der Waals surface area contributed by atoms with Gasteiger partial charge in [-0.2, -0.15) is 0 Å². The summed E-state index contributed by atoms with van der Waals surface area (Å²) < 4.78 is 20.9. The monoisotopic (exact) mass is 436 g/mol. The van der Waals surface area contributed by atoms with Crippen LogP contribution in [0.15, 0.2) is 59.4 Å². The van der Waals surface area contributed by atoms with Crippen LogP contribution in [0.4, 0.5) is 0 Å². The smallest absolute Gasteiger partial charge is 0.270 e. The van der Waals surface area contributed by atoms with Gasteiger partial charge in [-0.25, -0.2) is 4.57 Å². The fourth-order valence-corrected chi connectivity index (χ4v) is 4.31. The summed E-state index contributed by atoms with van der Waals surface area (Å²) in [5.74, 6) is 1.55. The van der Waals surface area contributed by atoms with Crippen molar-refractivity contribution in [3.05, 3.63) is 75.3 Å². The van der Waals surface area contributed by atoms with E-state index < -0.39 is 5.60 Å². The first-order valence-corrected chi connectivity index (χ1v) is 10.3. The van der Waals surface area contributed by atoms with Crippen molar-refractivity contribution >= 4 is 17.8 Å². The number of benzene rings is 2. The maximum absolute atomic E-state index is 13.7. The second kappa shape index (κ2) is 7.74. The molecule has 0 saturated carbocycles. The largest absolute Gasteiger partial charge is 0.495 e. The molecule has 0 spiro atoms. The predicted molar refractivity (Wildman–Crippen MR) is 124 cm³/mol. The van der Waals surface area contributed by atoms with Crippen molar-refractivity contribution in [1.82, 2.24) is 9.13 Å². The average Bonchev–Trinajstić information content (AvgIpc) is 2.73. The minimum absolute atomic E-state index is 0.253. The van der Waals surface area contributed by atoms with Gasteiger partial charge >= 0.3 is 0 Å². The summed E-state index contributed by atoms with van der Waals surface area (Å²) in [6.45, 7) is 5.80. The second-order valence-electron chi connectivity index (χ2n) is 7.82. The van der Waals surface area contributed by atoms with Gasteiger partial charge in [0.1, 0.15) is 22.7 Å². The van der Waals surface area contributed by atoms with E-state index >= 15 is 0 Å². The molecule has 0 amide bonds. The van der Waals surface area contributed by atoms with Crippen molar-refractivity contribution < 1.29 is 14.2 Å². The molecule has 1 aliphatic rings. The Hall–Kier alpha value is -3.32. The van der Waals surface area contributed by atoms with Crippen LogP contribution in [0.5, 0.6) is 17.4 Å². The molecule has 0 radical (unpaired) electrons. The third-order valence-corrected chi connectivity index (χ3v) is 5.55. The van der Waals surface area contributed by atoms with E-state index in [1.54, 1.807) is 24.9 Å². The highest BCUT2D eigenvalue weighted by atomic mass is 32.1. The molecule has 1 aromatic heterocycles. The van der Waals surface area contributed by atoms with Gasteiger partial charge < -0.3 is 14.2 Å². The molecule has 0 unspecified atom stereocenters. The van der Waals surface area contributed by atoms with Gasteiger partial charge in [-0.05, 0) is 68.9 Å². The zero-order valence-electron chi connectivity index (χ0n) is 18.1. The number of allylic oxidation sites excluding steroid dienone is 1. The van der Waals surface area contributed by atoms with E-state index in [1.807, 2.05) is 69.3 Å². The Morgan fingerprint density at radius 2 is 1.42 bits per heavy atom. The van der Waals surface area contributed by atoms with Gasteiger partial charge in [0, 0.05) is 0 Å². The topological polar surface area (TPSA) is 54.6 Å². The van der Waals surface area contributed by atoms with E-state index in [2.05, 4.69) is 0 Å². The van der Waals surface area contributed by atoms with Crippen LogP contribution in [-0.2, 0) is 0 Å². The molecule has 4 rings (SSSR count). The van der Waals surface area contributed by atoms with E-state index in [4.69, 9.17) is 26.4 Å². The maximum Gasteiger partial charge on any atom is 0.270 e. The molecule has 0 saturated heterocycles. The fourth-order valence-electron chi connectivity index (χ4n) is 3.95. The first-order chi connectivity index (χ1) is 14.8. The maximum atomic E-state index is 13.7. The number of ether oxygens (including phenoxy) is 3. The quantitative estimate of drug-likeness (QED) is 0.542. The number of methoxy groups -OCH3 is 2. The molecule has 0 bridgehead atoms. The molecule has 2 aromatic carbocycles. The highest BCUT2D eigenvalue weighted by molar-refractivity contribution is 7.71. The van der Waals surface area contributed by atoms with Crippen LogP contribution in [0, 0.1) is 4.77 Å². The molecule has 160 valence electrons. The molecule has 0 aliphatic carbocycles. The Kier molecular flexibility index (Phi) is 5.23. The number of nitrogens with zero attached hydrogens (tertiary/aromatic N) is 2. The minimum atomic E-state index is -0.605. The van der Waals surface area contributed by atoms with Crippen molar-refractivity contribution in [2.24, 2.45) is 0 Å². The Morgan fingerprint density at radius 1 is 0.903 bits per heavy atom. The minimum Gasteiger partial charge on any atom is -0.495 e. The number of hydrogen-bond donors (Lipinski definition) is 0. The average molecular weight is 437 g/mol. The number of para-hydroxylation sites is 4. The van der Waals surface area contributed by atoms with Gasteiger partial charge in [-0.1, -0.05) is 24.3 Å². The summed E-state index contributed by atoms with van der Waals surface area (Å²) >= 11 is 5.87. The van der Waals surface area contributed by atoms with Crippen LogP contribution in [0.2, 0.25) is 0 Å². The van der Waals surface area contributed by atoms with E-state index in [-0.39, 0.29) is 10.3 Å². The van der Waals surface area contributed by atoms with E-state index in [9.17, 15) is 4.79 Å². The van der Waals surface area contributed by atoms with Crippen LogP contribution in [0.1, 0.15) is 26.3 Å². The lowest BCUT2D eigenvalue weighted by Crippen LogP contribution is -2.36. The molecule has 1 aliphatic heterocycles. The van der Waals surface area contributed by atoms with Gasteiger partial charge in [0.05, 0.1) is 25.6 Å². The number of rotatable bonds is 4. The lowest BCUT2D eigenvalue weighted by atomic mass is 9.98. The molecule has 0 N–H and O–H groups in total. The predicted octanol–water partition coefficient (Wildman–Crippen LogP) is 4.95. The Morgan fingerprint density at radius 3 is 1.97 bits per heavy atom. The normalized spacial score (nSPS) is 14.3. The van der Waals surface area contributed by atoms with E-state index in [0.29, 0.717) is 34.3 Å². The van der Waals surface area contributed by atoms with Crippen molar-refractivity contribution in [2.45, 2.75) is 26.4 Å². The lowest BCUT2D eigenvalue weighted by Gasteiger charge is -2.32. The van der Waals surface area contributed by atoms with Crippen molar-refractivity contribution in [1.29, 1.82) is 0 Å².